The number of unbranched alkanes of at least 4 members (excludes halogenated alkanes) is 1. The molecule has 0 radical (unpaired) electrons. The van der Waals surface area contributed by atoms with Gasteiger partial charge in [0.05, 0.1) is 21.4 Å². The van der Waals surface area contributed by atoms with Gasteiger partial charge in [-0.05, 0) is 53.9 Å². The lowest BCUT2D eigenvalue weighted by molar-refractivity contribution is 0.290. The summed E-state index contributed by atoms with van der Waals surface area (Å²) in [6, 6.07) is 12.5. The SMILES string of the molecule is CCCCN(CO)c1cc(-c2cc(F)cc(-c3ccc(-n4ccn(C)c4=O)c(Cl)c3)c2O)ccc1Cl. The molecule has 9 heteroatoms. The fourth-order valence-electron chi connectivity index (χ4n) is 4.10. The fraction of sp³-hybridized carbons (Fsp3) is 0.222. The lowest BCUT2D eigenvalue weighted by atomic mass is 9.96. The predicted octanol–water partition coefficient (Wildman–Crippen LogP) is 6.22. The summed E-state index contributed by atoms with van der Waals surface area (Å²) < 4.78 is 17.6. The number of hydrogen-bond donors (Lipinski definition) is 2. The molecule has 0 amide bonds. The van der Waals surface area contributed by atoms with Gasteiger partial charge in [-0.2, -0.15) is 0 Å². The highest BCUT2D eigenvalue weighted by molar-refractivity contribution is 6.33. The Balaban J connectivity index is 1.78. The van der Waals surface area contributed by atoms with Gasteiger partial charge in [0.25, 0.3) is 0 Å². The van der Waals surface area contributed by atoms with Crippen LogP contribution in [-0.4, -0.2) is 32.6 Å². The minimum Gasteiger partial charge on any atom is -0.507 e. The first-order valence-electron chi connectivity index (χ1n) is 11.5. The number of nitrogens with zero attached hydrogens (tertiary/aromatic N) is 3. The zero-order valence-corrected chi connectivity index (χ0v) is 21.4. The minimum absolute atomic E-state index is 0.130. The van der Waals surface area contributed by atoms with E-state index in [0.29, 0.717) is 34.1 Å². The van der Waals surface area contributed by atoms with Crippen molar-refractivity contribution in [1.29, 1.82) is 0 Å². The molecule has 36 heavy (non-hydrogen) atoms. The molecule has 0 unspecified atom stereocenters. The number of aliphatic hydroxyl groups is 1. The number of aromatic hydroxyl groups is 1. The lowest BCUT2D eigenvalue weighted by Crippen LogP contribution is -2.25. The number of benzene rings is 3. The zero-order valence-electron chi connectivity index (χ0n) is 19.9. The molecular weight excluding hydrogens is 504 g/mol. The smallest absolute Gasteiger partial charge is 0.332 e. The highest BCUT2D eigenvalue weighted by atomic mass is 35.5. The van der Waals surface area contributed by atoms with Gasteiger partial charge in [-0.3, -0.25) is 4.57 Å². The summed E-state index contributed by atoms with van der Waals surface area (Å²) in [5, 5.41) is 21.7. The van der Waals surface area contributed by atoms with Crippen LogP contribution in [0.4, 0.5) is 10.1 Å². The Morgan fingerprint density at radius 2 is 1.64 bits per heavy atom. The molecule has 1 aromatic heterocycles. The number of phenolic OH excluding ortho intramolecular Hbond substituents is 1. The van der Waals surface area contributed by atoms with E-state index in [1.165, 1.54) is 21.3 Å². The second kappa shape index (κ2) is 10.8. The lowest BCUT2D eigenvalue weighted by Gasteiger charge is -2.24. The van der Waals surface area contributed by atoms with Gasteiger partial charge in [-0.15, -0.1) is 0 Å². The summed E-state index contributed by atoms with van der Waals surface area (Å²) >= 11 is 12.9. The third-order valence-corrected chi connectivity index (χ3v) is 6.71. The van der Waals surface area contributed by atoms with Gasteiger partial charge < -0.3 is 19.7 Å². The molecule has 0 fully saturated rings. The van der Waals surface area contributed by atoms with E-state index in [9.17, 15) is 19.4 Å². The van der Waals surface area contributed by atoms with Crippen molar-refractivity contribution in [3.8, 4) is 33.7 Å². The molecule has 6 nitrogen and oxygen atoms in total. The first-order valence-corrected chi connectivity index (χ1v) is 12.2. The van der Waals surface area contributed by atoms with E-state index in [1.807, 2.05) is 0 Å². The number of aromatic nitrogens is 2. The minimum atomic E-state index is -0.543. The highest BCUT2D eigenvalue weighted by Gasteiger charge is 2.18. The molecule has 0 bridgehead atoms. The van der Waals surface area contributed by atoms with Crippen molar-refractivity contribution < 1.29 is 14.6 Å². The monoisotopic (exact) mass is 529 g/mol. The summed E-state index contributed by atoms with van der Waals surface area (Å²) in [4.78, 5) is 14.0. The number of imidazole rings is 1. The molecule has 0 aliphatic carbocycles. The van der Waals surface area contributed by atoms with Gasteiger partial charge in [0, 0.05) is 37.1 Å². The molecule has 0 aliphatic heterocycles. The quantitative estimate of drug-likeness (QED) is 0.266. The maximum absolute atomic E-state index is 14.8. The summed E-state index contributed by atoms with van der Waals surface area (Å²) in [7, 11) is 1.64. The van der Waals surface area contributed by atoms with Crippen LogP contribution in [0.3, 0.4) is 0 Å². The maximum atomic E-state index is 14.8. The first kappa shape index (κ1) is 25.8. The van der Waals surface area contributed by atoms with Gasteiger partial charge in [-0.25, -0.2) is 9.18 Å². The van der Waals surface area contributed by atoms with E-state index >= 15 is 0 Å². The van der Waals surface area contributed by atoms with Crippen molar-refractivity contribution in [2.75, 3.05) is 18.2 Å². The van der Waals surface area contributed by atoms with Crippen LogP contribution in [0, 0.1) is 5.82 Å². The molecule has 0 aliphatic rings. The number of aliphatic hydroxyl groups excluding tert-OH is 1. The Bertz CT molecular complexity index is 1470. The molecule has 0 saturated carbocycles. The van der Waals surface area contributed by atoms with E-state index in [4.69, 9.17) is 23.2 Å². The Labute approximate surface area is 218 Å². The van der Waals surface area contributed by atoms with E-state index in [-0.39, 0.29) is 34.3 Å². The number of phenols is 1. The van der Waals surface area contributed by atoms with Crippen LogP contribution < -0.4 is 10.6 Å². The van der Waals surface area contributed by atoms with E-state index < -0.39 is 5.82 Å². The summed E-state index contributed by atoms with van der Waals surface area (Å²) in [6.45, 7) is 2.43. The van der Waals surface area contributed by atoms with E-state index in [1.54, 1.807) is 60.7 Å². The molecule has 0 spiro atoms. The van der Waals surface area contributed by atoms with Gasteiger partial charge in [0.15, 0.2) is 0 Å². The van der Waals surface area contributed by atoms with Crippen LogP contribution in [0.1, 0.15) is 19.8 Å². The van der Waals surface area contributed by atoms with Crippen LogP contribution in [0.5, 0.6) is 5.75 Å². The normalized spacial score (nSPS) is 11.2. The molecule has 188 valence electrons. The van der Waals surface area contributed by atoms with Crippen molar-refractivity contribution in [3.63, 3.8) is 0 Å². The van der Waals surface area contributed by atoms with Crippen molar-refractivity contribution in [3.05, 3.63) is 87.3 Å². The number of rotatable bonds is 8. The van der Waals surface area contributed by atoms with Crippen molar-refractivity contribution >= 4 is 28.9 Å². The number of aryl methyl sites for hydroxylation is 1. The molecule has 4 rings (SSSR count). The second-order valence-corrected chi connectivity index (χ2v) is 9.32. The van der Waals surface area contributed by atoms with Gasteiger partial charge >= 0.3 is 5.69 Å². The highest BCUT2D eigenvalue weighted by Crippen LogP contribution is 2.42. The Hall–Kier alpha value is -3.26. The van der Waals surface area contributed by atoms with Gasteiger partial charge in [0.1, 0.15) is 18.3 Å². The fourth-order valence-corrected chi connectivity index (χ4v) is 4.60. The molecule has 1 heterocycles. The molecule has 0 saturated heterocycles. The molecule has 4 aromatic rings. The Morgan fingerprint density at radius 3 is 2.22 bits per heavy atom. The molecular formula is C27H26Cl2FN3O3. The van der Waals surface area contributed by atoms with E-state index in [2.05, 4.69) is 6.92 Å². The summed E-state index contributed by atoms with van der Waals surface area (Å²) in [6.07, 6.45) is 5.04. The van der Waals surface area contributed by atoms with Crippen LogP contribution >= 0.6 is 23.2 Å². The largest absolute Gasteiger partial charge is 0.507 e. The average Bonchev–Trinajstić information content (AvgIpc) is 3.19. The molecule has 3 aromatic carbocycles. The topological polar surface area (TPSA) is 70.6 Å². The molecule has 2 N–H and O–H groups in total. The maximum Gasteiger partial charge on any atom is 0.332 e. The first-order chi connectivity index (χ1) is 17.2. The Morgan fingerprint density at radius 1 is 0.972 bits per heavy atom. The number of anilines is 1. The summed E-state index contributed by atoms with van der Waals surface area (Å²) in [5.74, 6) is -0.673. The third kappa shape index (κ3) is 5.00. The van der Waals surface area contributed by atoms with E-state index in [0.717, 1.165) is 12.8 Å². The van der Waals surface area contributed by atoms with Crippen molar-refractivity contribution in [2.24, 2.45) is 7.05 Å². The Kier molecular flexibility index (Phi) is 7.73. The van der Waals surface area contributed by atoms with Crippen LogP contribution in [0.15, 0.2) is 65.7 Å². The van der Waals surface area contributed by atoms with Crippen LogP contribution in [0.25, 0.3) is 27.9 Å². The van der Waals surface area contributed by atoms with Gasteiger partial charge in [-0.1, -0.05) is 48.7 Å². The van der Waals surface area contributed by atoms with Crippen molar-refractivity contribution in [2.45, 2.75) is 19.8 Å². The molecule has 0 atom stereocenters. The van der Waals surface area contributed by atoms with Crippen molar-refractivity contribution in [1.82, 2.24) is 9.13 Å². The standard InChI is InChI=1S/C27H26Cl2FN3O3/c1-3-4-9-32(16-34)25-13-18(5-7-22(25)28)21-15-19(30)14-20(26(21)35)17-6-8-24(23(29)12-17)33-11-10-31(2)27(33)36/h5-8,10-15,34-35H,3-4,9,16H2,1-2H3. The predicted molar refractivity (Wildman–Crippen MR) is 143 cm³/mol. The summed E-state index contributed by atoms with van der Waals surface area (Å²) in [5.41, 5.74) is 2.36. The third-order valence-electron chi connectivity index (χ3n) is 6.09. The second-order valence-electron chi connectivity index (χ2n) is 8.50. The average molecular weight is 530 g/mol. The van der Waals surface area contributed by atoms with Crippen LogP contribution in [-0.2, 0) is 7.05 Å². The zero-order chi connectivity index (χ0) is 26.0. The number of halogens is 3. The van der Waals surface area contributed by atoms with Gasteiger partial charge in [0.2, 0.25) is 0 Å². The van der Waals surface area contributed by atoms with Crippen LogP contribution in [0.2, 0.25) is 10.0 Å². The number of hydrogen-bond acceptors (Lipinski definition) is 4.